The minimum absolute atomic E-state index is 0.302. The molecule has 0 radical (unpaired) electrons. The quantitative estimate of drug-likeness (QED) is 0.927. The van der Waals surface area contributed by atoms with E-state index in [0.717, 1.165) is 23.1 Å². The summed E-state index contributed by atoms with van der Waals surface area (Å²) in [6.45, 7) is 2.68. The molecule has 0 bridgehead atoms. The van der Waals surface area contributed by atoms with E-state index in [2.05, 4.69) is 25.9 Å². The average Bonchev–Trinajstić information content (AvgIpc) is 2.72. The Morgan fingerprint density at radius 2 is 2.19 bits per heavy atom. The Morgan fingerprint density at radius 3 is 2.75 bits per heavy atom. The summed E-state index contributed by atoms with van der Waals surface area (Å²) < 4.78 is 6.61. The smallest absolute Gasteiger partial charge is 0.162 e. The maximum absolute atomic E-state index is 5.88. The molecule has 0 atom stereocenters. The molecule has 1 heterocycles. The van der Waals surface area contributed by atoms with E-state index in [9.17, 15) is 0 Å². The summed E-state index contributed by atoms with van der Waals surface area (Å²) in [5.41, 5.74) is 5.49. The van der Waals surface area contributed by atoms with Gasteiger partial charge in [0, 0.05) is 12.8 Å². The molecule has 0 spiro atoms. The first kappa shape index (κ1) is 11.8. The fraction of sp³-hybridized carbons (Fsp3) is 0.636. The summed E-state index contributed by atoms with van der Waals surface area (Å²) in [4.78, 5) is 8.69. The van der Waals surface area contributed by atoms with Crippen molar-refractivity contribution in [2.75, 3.05) is 12.3 Å². The zero-order valence-corrected chi connectivity index (χ0v) is 11.0. The van der Waals surface area contributed by atoms with E-state index < -0.39 is 0 Å². The molecular formula is C11H16BrN3O. The molecule has 16 heavy (non-hydrogen) atoms. The molecule has 4 nitrogen and oxygen atoms in total. The van der Waals surface area contributed by atoms with Gasteiger partial charge in [-0.1, -0.05) is 0 Å². The minimum Gasteiger partial charge on any atom is -0.383 e. The van der Waals surface area contributed by atoms with Crippen LogP contribution < -0.4 is 5.73 Å². The third kappa shape index (κ3) is 2.06. The monoisotopic (exact) mass is 285 g/mol. The van der Waals surface area contributed by atoms with Crippen molar-refractivity contribution in [3.63, 3.8) is 0 Å². The normalized spacial score (nSPS) is 18.9. The number of hydrogen-bond acceptors (Lipinski definition) is 4. The number of ether oxygens (including phenoxy) is 1. The molecule has 2 rings (SSSR count). The zero-order chi connectivity index (χ0) is 11.6. The first-order chi connectivity index (χ1) is 7.68. The highest BCUT2D eigenvalue weighted by atomic mass is 79.9. The lowest BCUT2D eigenvalue weighted by Crippen LogP contribution is -2.29. The molecule has 2 N–H and O–H groups in total. The van der Waals surface area contributed by atoms with Gasteiger partial charge >= 0.3 is 0 Å². The van der Waals surface area contributed by atoms with Crippen molar-refractivity contribution in [3.8, 4) is 0 Å². The number of nitrogen functional groups attached to an aromatic ring is 1. The predicted molar refractivity (Wildman–Crippen MR) is 65.9 cm³/mol. The van der Waals surface area contributed by atoms with E-state index in [4.69, 9.17) is 10.5 Å². The Bertz CT molecular complexity index is 377. The lowest BCUT2D eigenvalue weighted by atomic mass is 10.0. The van der Waals surface area contributed by atoms with E-state index >= 15 is 0 Å². The molecular weight excluding hydrogens is 270 g/mol. The van der Waals surface area contributed by atoms with Gasteiger partial charge in [0.2, 0.25) is 0 Å². The van der Waals surface area contributed by atoms with Crippen LogP contribution >= 0.6 is 15.9 Å². The summed E-state index contributed by atoms with van der Waals surface area (Å²) in [6, 6.07) is 0. The van der Waals surface area contributed by atoms with E-state index in [1.54, 1.807) is 6.20 Å². The van der Waals surface area contributed by atoms with Crippen molar-refractivity contribution >= 4 is 21.7 Å². The van der Waals surface area contributed by atoms with Gasteiger partial charge in [0.25, 0.3) is 0 Å². The highest BCUT2D eigenvalue weighted by Gasteiger charge is 2.39. The molecule has 88 valence electrons. The minimum atomic E-state index is -0.302. The molecule has 5 heteroatoms. The van der Waals surface area contributed by atoms with E-state index in [0.29, 0.717) is 12.4 Å². The number of rotatable bonds is 3. The molecule has 1 fully saturated rings. The average molecular weight is 286 g/mol. The molecule has 0 saturated heterocycles. The first-order valence-corrected chi connectivity index (χ1v) is 6.40. The molecule has 1 aliphatic rings. The van der Waals surface area contributed by atoms with Gasteiger partial charge in [0.1, 0.15) is 11.4 Å². The van der Waals surface area contributed by atoms with Gasteiger partial charge in [0.15, 0.2) is 5.82 Å². The van der Waals surface area contributed by atoms with Crippen molar-refractivity contribution < 1.29 is 4.74 Å². The Hall–Kier alpha value is -0.680. The summed E-state index contributed by atoms with van der Waals surface area (Å²) in [5, 5.41) is 0. The second kappa shape index (κ2) is 4.67. The fourth-order valence-electron chi connectivity index (χ4n) is 2.25. The number of hydrogen-bond donors (Lipinski definition) is 1. The molecule has 0 aliphatic heterocycles. The lowest BCUT2D eigenvalue weighted by Gasteiger charge is -2.27. The van der Waals surface area contributed by atoms with Crippen LogP contribution in [0.3, 0.4) is 0 Å². The SMILES string of the molecule is CCOC1(c2ncc(Br)c(N)n2)CCCC1. The van der Waals surface area contributed by atoms with Gasteiger partial charge in [0.05, 0.1) is 4.47 Å². The van der Waals surface area contributed by atoms with E-state index in [-0.39, 0.29) is 5.60 Å². The third-order valence-corrected chi connectivity index (χ3v) is 3.62. The largest absolute Gasteiger partial charge is 0.383 e. The van der Waals surface area contributed by atoms with Crippen LogP contribution in [0.15, 0.2) is 10.7 Å². The third-order valence-electron chi connectivity index (χ3n) is 3.01. The van der Waals surface area contributed by atoms with Crippen LogP contribution in [0.1, 0.15) is 38.4 Å². The summed E-state index contributed by atoms with van der Waals surface area (Å²) in [5.74, 6) is 1.21. The Morgan fingerprint density at radius 1 is 1.50 bits per heavy atom. The Balaban J connectivity index is 2.35. The molecule has 1 aromatic rings. The Labute approximate surface area is 104 Å². The molecule has 1 aliphatic carbocycles. The number of anilines is 1. The van der Waals surface area contributed by atoms with Crippen LogP contribution in [0.2, 0.25) is 0 Å². The summed E-state index contributed by atoms with van der Waals surface area (Å²) in [6.07, 6.45) is 6.01. The van der Waals surface area contributed by atoms with Crippen molar-refractivity contribution in [2.24, 2.45) is 0 Å². The number of nitrogens with two attached hydrogens (primary N) is 1. The number of nitrogens with zero attached hydrogens (tertiary/aromatic N) is 2. The van der Waals surface area contributed by atoms with E-state index in [1.807, 2.05) is 6.92 Å². The van der Waals surface area contributed by atoms with Crippen LogP contribution in [-0.2, 0) is 10.3 Å². The van der Waals surface area contributed by atoms with Crippen LogP contribution in [0.5, 0.6) is 0 Å². The molecule has 1 saturated carbocycles. The maximum Gasteiger partial charge on any atom is 0.162 e. The van der Waals surface area contributed by atoms with Crippen LogP contribution in [0, 0.1) is 0 Å². The highest BCUT2D eigenvalue weighted by Crippen LogP contribution is 2.40. The van der Waals surface area contributed by atoms with Gasteiger partial charge in [-0.25, -0.2) is 9.97 Å². The number of aromatic nitrogens is 2. The molecule has 0 aromatic carbocycles. The van der Waals surface area contributed by atoms with Crippen molar-refractivity contribution in [1.82, 2.24) is 9.97 Å². The maximum atomic E-state index is 5.88. The van der Waals surface area contributed by atoms with Gasteiger partial charge in [-0.15, -0.1) is 0 Å². The Kier molecular flexibility index (Phi) is 3.44. The molecule has 0 unspecified atom stereocenters. The van der Waals surface area contributed by atoms with Crippen LogP contribution in [0.4, 0.5) is 5.82 Å². The van der Waals surface area contributed by atoms with Gasteiger partial charge in [-0.3, -0.25) is 0 Å². The highest BCUT2D eigenvalue weighted by molar-refractivity contribution is 9.10. The van der Waals surface area contributed by atoms with Crippen molar-refractivity contribution in [3.05, 3.63) is 16.5 Å². The number of halogens is 1. The first-order valence-electron chi connectivity index (χ1n) is 5.60. The van der Waals surface area contributed by atoms with Gasteiger partial charge in [-0.05, 0) is 48.5 Å². The van der Waals surface area contributed by atoms with Crippen LogP contribution in [0.25, 0.3) is 0 Å². The summed E-state index contributed by atoms with van der Waals surface area (Å²) in [7, 11) is 0. The zero-order valence-electron chi connectivity index (χ0n) is 9.37. The van der Waals surface area contributed by atoms with E-state index in [1.165, 1.54) is 12.8 Å². The fourth-order valence-corrected chi connectivity index (χ4v) is 2.45. The topological polar surface area (TPSA) is 61.0 Å². The van der Waals surface area contributed by atoms with Crippen molar-refractivity contribution in [2.45, 2.75) is 38.2 Å². The summed E-state index contributed by atoms with van der Waals surface area (Å²) >= 11 is 3.30. The van der Waals surface area contributed by atoms with Gasteiger partial charge < -0.3 is 10.5 Å². The van der Waals surface area contributed by atoms with Gasteiger partial charge in [-0.2, -0.15) is 0 Å². The van der Waals surface area contributed by atoms with Crippen LogP contribution in [-0.4, -0.2) is 16.6 Å². The lowest BCUT2D eigenvalue weighted by molar-refractivity contribution is -0.0456. The second-order valence-electron chi connectivity index (χ2n) is 4.06. The molecule has 0 amide bonds. The standard InChI is InChI=1S/C11H16BrN3O/c1-2-16-11(5-3-4-6-11)10-14-7-8(12)9(13)15-10/h7H,2-6H2,1H3,(H2,13,14,15). The predicted octanol–water partition coefficient (Wildman–Crippen LogP) is 2.63. The second-order valence-corrected chi connectivity index (χ2v) is 4.92. The van der Waals surface area contributed by atoms with Crippen molar-refractivity contribution in [1.29, 1.82) is 0 Å². The molecule has 1 aromatic heterocycles.